The fraction of sp³-hybridized carbons (Fsp3) is 0.765. The molecule has 2 fully saturated rings. The van der Waals surface area contributed by atoms with Crippen LogP contribution in [0.2, 0.25) is 0 Å². The van der Waals surface area contributed by atoms with E-state index < -0.39 is 53.5 Å². The molecule has 3 aliphatic rings. The Labute approximate surface area is 373 Å². The number of hydrogen-bond donors (Lipinski definition) is 4. The Balaban J connectivity index is 1.93. The van der Waals surface area contributed by atoms with Crippen LogP contribution in [0.4, 0.5) is 0 Å². The molecule has 0 radical (unpaired) electrons. The summed E-state index contributed by atoms with van der Waals surface area (Å²) in [5.74, 6) is -2.57. The Hall–Kier alpha value is -2.96. The topological polar surface area (TPSA) is 171 Å². The van der Waals surface area contributed by atoms with E-state index in [9.17, 15) is 39.6 Å². The Morgan fingerprint density at radius 1 is 0.855 bits per heavy atom. The van der Waals surface area contributed by atoms with Crippen LogP contribution in [0.15, 0.2) is 47.6 Å². The third-order valence-electron chi connectivity index (χ3n) is 14.3. The minimum atomic E-state index is -1.66. The molecular formula is C51H83NO10. The van der Waals surface area contributed by atoms with Crippen molar-refractivity contribution >= 4 is 23.4 Å². The van der Waals surface area contributed by atoms with Crippen LogP contribution in [0.25, 0.3) is 0 Å². The van der Waals surface area contributed by atoms with Gasteiger partial charge in [0, 0.05) is 31.9 Å². The molecule has 2 aliphatic heterocycles. The van der Waals surface area contributed by atoms with Crippen molar-refractivity contribution in [2.24, 2.45) is 41.4 Å². The summed E-state index contributed by atoms with van der Waals surface area (Å²) in [5, 5.41) is 43.9. The first-order valence-electron chi connectivity index (χ1n) is 23.7. The Kier molecular flexibility index (Phi) is 22.0. The molecule has 0 aromatic heterocycles. The molecule has 0 aromatic rings. The third kappa shape index (κ3) is 16.5. The summed E-state index contributed by atoms with van der Waals surface area (Å²) in [6.45, 7) is 17.3. The van der Waals surface area contributed by atoms with E-state index in [2.05, 4.69) is 6.92 Å². The largest absolute Gasteiger partial charge is 0.460 e. The molecule has 3 rings (SSSR count). The molecule has 11 nitrogen and oxygen atoms in total. The number of carbonyl (C=O) groups excluding carboxylic acids is 4. The number of esters is 1. The van der Waals surface area contributed by atoms with Crippen LogP contribution < -0.4 is 0 Å². The maximum Gasteiger partial charge on any atom is 0.329 e. The van der Waals surface area contributed by atoms with Crippen molar-refractivity contribution in [3.8, 4) is 0 Å². The summed E-state index contributed by atoms with van der Waals surface area (Å²) >= 11 is 0. The van der Waals surface area contributed by atoms with Gasteiger partial charge in [0.05, 0.1) is 24.2 Å². The first-order chi connectivity index (χ1) is 29.1. The molecule has 1 saturated carbocycles. The lowest BCUT2D eigenvalue weighted by Gasteiger charge is -2.38. The minimum Gasteiger partial charge on any atom is -0.460 e. The molecule has 1 saturated heterocycles. The van der Waals surface area contributed by atoms with Crippen LogP contribution in [0.3, 0.4) is 0 Å². The van der Waals surface area contributed by atoms with Crippen LogP contribution in [-0.4, -0.2) is 105 Å². The Bertz CT molecular complexity index is 1570. The van der Waals surface area contributed by atoms with Gasteiger partial charge in [-0.1, -0.05) is 84.4 Å². The lowest BCUT2D eigenvalue weighted by Crippen LogP contribution is -2.52. The van der Waals surface area contributed by atoms with Crippen molar-refractivity contribution in [3.63, 3.8) is 0 Å². The molecule has 0 spiro atoms. The second-order valence-corrected chi connectivity index (χ2v) is 20.0. The van der Waals surface area contributed by atoms with Gasteiger partial charge in [0.1, 0.15) is 30.1 Å². The number of methoxy groups -OCH3 is 1. The van der Waals surface area contributed by atoms with Gasteiger partial charge in [0.25, 0.3) is 0 Å². The van der Waals surface area contributed by atoms with Gasteiger partial charge in [-0.25, -0.2) is 4.79 Å². The number of nitrogens with zero attached hydrogens (tertiary/aromatic N) is 1. The van der Waals surface area contributed by atoms with Crippen molar-refractivity contribution < 1.29 is 49.1 Å². The number of ketones is 2. The van der Waals surface area contributed by atoms with E-state index in [1.165, 1.54) is 0 Å². The molecule has 62 heavy (non-hydrogen) atoms. The molecule has 4 N–H and O–H groups in total. The van der Waals surface area contributed by atoms with Crippen molar-refractivity contribution in [2.75, 3.05) is 13.7 Å². The number of allylic oxidation sites excluding steroid dienone is 6. The Morgan fingerprint density at radius 2 is 1.53 bits per heavy atom. The normalized spacial score (nSPS) is 39.2. The van der Waals surface area contributed by atoms with Crippen LogP contribution >= 0.6 is 0 Å². The first-order valence-corrected chi connectivity index (χ1v) is 23.7. The molecule has 12 atom stereocenters. The second kappa shape index (κ2) is 25.5. The van der Waals surface area contributed by atoms with E-state index in [1.807, 2.05) is 58.1 Å². The SMILES string of the molecule is CO[C@H]1C[C@@H](C)CC[C@@H](C)[C@](C)(O)CC(=O)N2CCCCC2C(=O)O[C@H]([C@H](C)CC2CCC(O)CC2)CC(=O)[C@H](C)/C=C(\C)[C@@H](O)[C@@H](O)C(=O)[C@H](C)C[C@H](C)/C=C/C=C/C=C1C. The zero-order valence-electron chi connectivity index (χ0n) is 39.8. The zero-order valence-corrected chi connectivity index (χ0v) is 39.8. The van der Waals surface area contributed by atoms with Crippen LogP contribution in [0, 0.1) is 41.4 Å². The average molecular weight is 870 g/mol. The van der Waals surface area contributed by atoms with E-state index in [0.29, 0.717) is 56.6 Å². The highest BCUT2D eigenvalue weighted by Crippen LogP contribution is 2.34. The van der Waals surface area contributed by atoms with Crippen LogP contribution in [0.1, 0.15) is 152 Å². The fourth-order valence-electron chi connectivity index (χ4n) is 9.55. The van der Waals surface area contributed by atoms with Gasteiger partial charge in [-0.3, -0.25) is 14.4 Å². The number of cyclic esters (lactones) is 1. The second-order valence-electron chi connectivity index (χ2n) is 20.0. The number of piperidine rings is 1. The van der Waals surface area contributed by atoms with Crippen molar-refractivity contribution in [2.45, 2.75) is 194 Å². The quantitative estimate of drug-likeness (QED) is 0.160. The summed E-state index contributed by atoms with van der Waals surface area (Å²) in [6, 6.07) is -0.839. The number of amides is 1. The van der Waals surface area contributed by atoms with E-state index in [0.717, 1.165) is 44.1 Å². The number of ether oxygens (including phenoxy) is 2. The highest BCUT2D eigenvalue weighted by Gasteiger charge is 2.40. The third-order valence-corrected chi connectivity index (χ3v) is 14.3. The standard InChI is InChI=1S/C51H83NO10/c1-32-16-12-11-13-17-34(3)44(61-10)27-33(2)19-20-39(8)51(9,60)31-46(55)52-25-15-14-18-42(52)50(59)62-45(36(5)29-40-21-23-41(53)24-22-40)30-43(54)35(4)28-38(7)48(57)49(58)47(56)37(6)26-32/h11-13,16-17,28,32-33,35-37,39-42,44-45,48-49,53,57-58,60H,14-15,18-27,29-31H2,1-10H3/b13-11+,16-12+,34-17?,38-28+/t32-,33+,35-,36-,37-,39-,40?,41?,42?,44+,45+,48-,49+,51-/m1/s1. The number of aliphatic hydroxyl groups excluding tert-OH is 3. The predicted molar refractivity (Wildman–Crippen MR) is 244 cm³/mol. The summed E-state index contributed by atoms with van der Waals surface area (Å²) < 4.78 is 12.1. The number of rotatable bonds is 4. The van der Waals surface area contributed by atoms with Crippen molar-refractivity contribution in [3.05, 3.63) is 47.6 Å². The molecule has 1 unspecified atom stereocenters. The predicted octanol–water partition coefficient (Wildman–Crippen LogP) is 8.02. The average Bonchev–Trinajstić information content (AvgIpc) is 3.23. The van der Waals surface area contributed by atoms with E-state index in [1.54, 1.807) is 45.8 Å². The van der Waals surface area contributed by atoms with E-state index in [4.69, 9.17) is 9.47 Å². The summed E-state index contributed by atoms with van der Waals surface area (Å²) in [6.07, 6.45) is 15.3. The lowest BCUT2D eigenvalue weighted by atomic mass is 9.79. The van der Waals surface area contributed by atoms with Gasteiger partial charge < -0.3 is 34.8 Å². The smallest absolute Gasteiger partial charge is 0.329 e. The fourth-order valence-corrected chi connectivity index (χ4v) is 9.55. The zero-order chi connectivity index (χ0) is 46.3. The molecule has 352 valence electrons. The minimum absolute atomic E-state index is 0.0242. The molecule has 11 heteroatoms. The highest BCUT2D eigenvalue weighted by atomic mass is 16.5. The molecular weight excluding hydrogens is 787 g/mol. The highest BCUT2D eigenvalue weighted by molar-refractivity contribution is 5.87. The molecule has 0 bridgehead atoms. The number of carbonyl (C=O) groups is 4. The van der Waals surface area contributed by atoms with E-state index in [-0.39, 0.29) is 60.4 Å². The number of fused-ring (bicyclic) bond motifs is 1. The number of hydrogen-bond acceptors (Lipinski definition) is 10. The van der Waals surface area contributed by atoms with Gasteiger partial charge >= 0.3 is 5.97 Å². The van der Waals surface area contributed by atoms with Gasteiger partial charge in [0.2, 0.25) is 5.91 Å². The Morgan fingerprint density at radius 3 is 2.19 bits per heavy atom. The van der Waals surface area contributed by atoms with Gasteiger partial charge in [-0.05, 0) is 132 Å². The molecule has 1 aliphatic carbocycles. The van der Waals surface area contributed by atoms with E-state index >= 15 is 0 Å². The van der Waals surface area contributed by atoms with Crippen LogP contribution in [-0.2, 0) is 28.7 Å². The van der Waals surface area contributed by atoms with Crippen molar-refractivity contribution in [1.29, 1.82) is 0 Å². The number of aliphatic hydroxyl groups is 4. The first kappa shape index (κ1) is 53.4. The maximum absolute atomic E-state index is 14.2. The van der Waals surface area contributed by atoms with Gasteiger partial charge in [-0.2, -0.15) is 0 Å². The molecule has 2 heterocycles. The summed E-state index contributed by atoms with van der Waals surface area (Å²) in [7, 11) is 1.71. The van der Waals surface area contributed by atoms with Crippen LogP contribution in [0.5, 0.6) is 0 Å². The summed E-state index contributed by atoms with van der Waals surface area (Å²) in [5.41, 5.74) is 0.0699. The summed E-state index contributed by atoms with van der Waals surface area (Å²) in [4.78, 5) is 57.0. The lowest BCUT2D eigenvalue weighted by molar-refractivity contribution is -0.166. The number of Topliss-reactive ketones (excluding diaryl/α,β-unsaturated/α-hetero) is 2. The maximum atomic E-state index is 14.2. The molecule has 1 amide bonds. The van der Waals surface area contributed by atoms with Gasteiger partial charge in [0.15, 0.2) is 5.78 Å². The van der Waals surface area contributed by atoms with Crippen molar-refractivity contribution in [1.82, 2.24) is 4.90 Å². The molecule has 0 aromatic carbocycles. The van der Waals surface area contributed by atoms with Gasteiger partial charge in [-0.15, -0.1) is 0 Å². The monoisotopic (exact) mass is 870 g/mol.